The fraction of sp³-hybridized carbons (Fsp3) is 0.0952. The van der Waals surface area contributed by atoms with Crippen molar-refractivity contribution >= 4 is 44.2 Å². The predicted octanol–water partition coefficient (Wildman–Crippen LogP) is 5.10. The van der Waals surface area contributed by atoms with Crippen LogP contribution in [-0.4, -0.2) is 22.5 Å². The molecular formula is C21H15ClFN3O2S. The molecule has 0 spiro atoms. The average Bonchev–Trinajstić information content (AvgIpc) is 3.17. The van der Waals surface area contributed by atoms with E-state index in [1.165, 1.54) is 28.4 Å². The van der Waals surface area contributed by atoms with Crippen molar-refractivity contribution in [1.82, 2.24) is 9.97 Å². The highest BCUT2D eigenvalue weighted by atomic mass is 35.5. The zero-order chi connectivity index (χ0) is 20.2. The second-order valence-electron chi connectivity index (χ2n) is 6.14. The molecule has 0 fully saturated rings. The van der Waals surface area contributed by atoms with Crippen LogP contribution < -0.4 is 9.64 Å². The number of pyridine rings is 1. The van der Waals surface area contributed by atoms with Gasteiger partial charge in [0, 0.05) is 12.4 Å². The normalized spacial score (nSPS) is 10.8. The van der Waals surface area contributed by atoms with Crippen LogP contribution in [-0.2, 0) is 11.3 Å². The van der Waals surface area contributed by atoms with Crippen LogP contribution in [0.5, 0.6) is 5.75 Å². The molecule has 0 saturated heterocycles. The predicted molar refractivity (Wildman–Crippen MR) is 112 cm³/mol. The van der Waals surface area contributed by atoms with Gasteiger partial charge in [0.15, 0.2) is 23.3 Å². The summed E-state index contributed by atoms with van der Waals surface area (Å²) in [7, 11) is 0. The van der Waals surface area contributed by atoms with Gasteiger partial charge in [0.1, 0.15) is 5.52 Å². The molecule has 2 heterocycles. The highest BCUT2D eigenvalue weighted by Crippen LogP contribution is 2.33. The minimum atomic E-state index is -0.522. The number of amides is 1. The third-order valence-electron chi connectivity index (χ3n) is 4.14. The van der Waals surface area contributed by atoms with Crippen LogP contribution in [0.2, 0.25) is 5.02 Å². The van der Waals surface area contributed by atoms with Crippen molar-refractivity contribution in [3.05, 3.63) is 83.4 Å². The largest absolute Gasteiger partial charge is 0.481 e. The zero-order valence-electron chi connectivity index (χ0n) is 15.1. The molecule has 8 heteroatoms. The van der Waals surface area contributed by atoms with Crippen molar-refractivity contribution in [2.45, 2.75) is 6.54 Å². The van der Waals surface area contributed by atoms with Gasteiger partial charge in [-0.25, -0.2) is 9.37 Å². The number of aromatic nitrogens is 2. The fourth-order valence-electron chi connectivity index (χ4n) is 2.73. The van der Waals surface area contributed by atoms with E-state index in [0.29, 0.717) is 15.7 Å². The maximum atomic E-state index is 13.8. The second kappa shape index (κ2) is 8.55. The van der Waals surface area contributed by atoms with Crippen molar-refractivity contribution in [2.75, 3.05) is 11.5 Å². The van der Waals surface area contributed by atoms with Crippen molar-refractivity contribution in [3.63, 3.8) is 0 Å². The van der Waals surface area contributed by atoms with Gasteiger partial charge in [-0.3, -0.25) is 14.7 Å². The van der Waals surface area contributed by atoms with Gasteiger partial charge in [-0.05, 0) is 35.9 Å². The van der Waals surface area contributed by atoms with Crippen LogP contribution in [0, 0.1) is 5.82 Å². The minimum absolute atomic E-state index is 0.0227. The Morgan fingerprint density at radius 2 is 2.00 bits per heavy atom. The molecular weight excluding hydrogens is 413 g/mol. The Hall–Kier alpha value is -3.03. The third-order valence-corrected chi connectivity index (χ3v) is 5.49. The Balaban J connectivity index is 1.63. The summed E-state index contributed by atoms with van der Waals surface area (Å²) in [5, 5.41) is 1.00. The number of rotatable bonds is 6. The minimum Gasteiger partial charge on any atom is -0.481 e. The quantitative estimate of drug-likeness (QED) is 0.429. The summed E-state index contributed by atoms with van der Waals surface area (Å²) >= 11 is 7.59. The lowest BCUT2D eigenvalue weighted by Crippen LogP contribution is -2.34. The molecule has 2 aromatic heterocycles. The highest BCUT2D eigenvalue weighted by Gasteiger charge is 2.22. The first-order valence-corrected chi connectivity index (χ1v) is 9.93. The smallest absolute Gasteiger partial charge is 0.267 e. The summed E-state index contributed by atoms with van der Waals surface area (Å²) in [5.41, 5.74) is 1.46. The number of ether oxygens (including phenoxy) is 1. The van der Waals surface area contributed by atoms with Crippen LogP contribution in [0.25, 0.3) is 10.2 Å². The number of carbonyl (C=O) groups excluding carboxylic acids is 1. The van der Waals surface area contributed by atoms with E-state index in [0.717, 1.165) is 10.3 Å². The van der Waals surface area contributed by atoms with Crippen LogP contribution in [0.15, 0.2) is 67.0 Å². The Kier molecular flexibility index (Phi) is 5.69. The SMILES string of the molecule is O=C(COc1ccccc1F)N(Cc1cccnc1)c1nc2c(Cl)cccc2s1. The number of hydrogen-bond acceptors (Lipinski definition) is 5. The second-order valence-corrected chi connectivity index (χ2v) is 7.56. The summed E-state index contributed by atoms with van der Waals surface area (Å²) in [6.45, 7) is -0.0738. The molecule has 2 aromatic carbocycles. The van der Waals surface area contributed by atoms with Crippen LogP contribution in [0.4, 0.5) is 9.52 Å². The summed E-state index contributed by atoms with van der Waals surface area (Å²) in [5.74, 6) is -0.854. The van der Waals surface area contributed by atoms with Gasteiger partial charge in [-0.1, -0.05) is 47.2 Å². The van der Waals surface area contributed by atoms with Crippen molar-refractivity contribution < 1.29 is 13.9 Å². The lowest BCUT2D eigenvalue weighted by Gasteiger charge is -2.20. The summed E-state index contributed by atoms with van der Waals surface area (Å²) in [6.07, 6.45) is 3.34. The molecule has 0 aliphatic carbocycles. The maximum Gasteiger partial charge on any atom is 0.267 e. The molecule has 5 nitrogen and oxygen atoms in total. The number of fused-ring (bicyclic) bond motifs is 1. The molecule has 0 atom stereocenters. The lowest BCUT2D eigenvalue weighted by molar-refractivity contribution is -0.120. The van der Waals surface area contributed by atoms with Gasteiger partial charge < -0.3 is 4.74 Å². The summed E-state index contributed by atoms with van der Waals surface area (Å²) < 4.78 is 20.1. The topological polar surface area (TPSA) is 55.3 Å². The van der Waals surface area contributed by atoms with Crippen LogP contribution >= 0.6 is 22.9 Å². The molecule has 4 rings (SSSR count). The molecule has 0 unspecified atom stereocenters. The third kappa shape index (κ3) is 4.36. The van der Waals surface area contributed by atoms with E-state index in [-0.39, 0.29) is 24.8 Å². The van der Waals surface area contributed by atoms with E-state index >= 15 is 0 Å². The van der Waals surface area contributed by atoms with Gasteiger partial charge in [-0.2, -0.15) is 0 Å². The van der Waals surface area contributed by atoms with Gasteiger partial charge in [0.2, 0.25) is 0 Å². The monoisotopic (exact) mass is 427 g/mol. The Morgan fingerprint density at radius 3 is 2.76 bits per heavy atom. The number of carbonyl (C=O) groups is 1. The fourth-order valence-corrected chi connectivity index (χ4v) is 4.02. The molecule has 0 radical (unpaired) electrons. The Morgan fingerprint density at radius 1 is 1.14 bits per heavy atom. The number of benzene rings is 2. The lowest BCUT2D eigenvalue weighted by atomic mass is 10.2. The van der Waals surface area contributed by atoms with Gasteiger partial charge >= 0.3 is 0 Å². The Bertz CT molecular complexity index is 1150. The maximum absolute atomic E-state index is 13.8. The first kappa shape index (κ1) is 19.3. The molecule has 1 amide bonds. The molecule has 0 N–H and O–H groups in total. The number of hydrogen-bond donors (Lipinski definition) is 0. The van der Waals surface area contributed by atoms with Gasteiger partial charge in [-0.15, -0.1) is 0 Å². The van der Waals surface area contributed by atoms with E-state index in [1.807, 2.05) is 18.2 Å². The van der Waals surface area contributed by atoms with E-state index in [9.17, 15) is 9.18 Å². The van der Waals surface area contributed by atoms with E-state index in [2.05, 4.69) is 9.97 Å². The van der Waals surface area contributed by atoms with Crippen LogP contribution in [0.1, 0.15) is 5.56 Å². The molecule has 4 aromatic rings. The average molecular weight is 428 g/mol. The zero-order valence-corrected chi connectivity index (χ0v) is 16.7. The number of anilines is 1. The molecule has 0 saturated carbocycles. The van der Waals surface area contributed by atoms with E-state index in [4.69, 9.17) is 16.3 Å². The number of para-hydroxylation sites is 2. The van der Waals surface area contributed by atoms with Crippen molar-refractivity contribution in [3.8, 4) is 5.75 Å². The van der Waals surface area contributed by atoms with Crippen molar-refractivity contribution in [2.24, 2.45) is 0 Å². The molecule has 0 aliphatic heterocycles. The van der Waals surface area contributed by atoms with E-state index in [1.54, 1.807) is 36.7 Å². The highest BCUT2D eigenvalue weighted by molar-refractivity contribution is 7.22. The van der Waals surface area contributed by atoms with Gasteiger partial charge in [0.05, 0.1) is 16.3 Å². The first-order chi connectivity index (χ1) is 14.1. The number of halogens is 2. The molecule has 0 aliphatic rings. The van der Waals surface area contributed by atoms with Crippen molar-refractivity contribution in [1.29, 1.82) is 0 Å². The number of thiazole rings is 1. The first-order valence-electron chi connectivity index (χ1n) is 8.73. The number of nitrogens with zero attached hydrogens (tertiary/aromatic N) is 3. The summed E-state index contributed by atoms with van der Waals surface area (Å²) in [4.78, 5) is 23.1. The van der Waals surface area contributed by atoms with E-state index < -0.39 is 5.82 Å². The summed E-state index contributed by atoms with van der Waals surface area (Å²) in [6, 6.07) is 15.1. The van der Waals surface area contributed by atoms with Gasteiger partial charge in [0.25, 0.3) is 5.91 Å². The Labute approximate surface area is 175 Å². The molecule has 0 bridgehead atoms. The molecule has 146 valence electrons. The standard InChI is InChI=1S/C21H15ClFN3O2S/c22-15-6-3-9-18-20(15)25-21(29-18)26(12-14-5-4-10-24-11-14)19(27)13-28-17-8-2-1-7-16(17)23/h1-11H,12-13H2. The molecule has 29 heavy (non-hydrogen) atoms. The van der Waals surface area contributed by atoms with Crippen LogP contribution in [0.3, 0.4) is 0 Å².